The van der Waals surface area contributed by atoms with Gasteiger partial charge in [0.05, 0.1) is 13.2 Å². The number of nitrogens with two attached hydrogens (primary N) is 1. The molecular weight excluding hydrogens is 781 g/mol. The van der Waals surface area contributed by atoms with Crippen molar-refractivity contribution < 1.29 is 47.5 Å². The molecule has 0 aromatic carbocycles. The van der Waals surface area contributed by atoms with Crippen molar-refractivity contribution in [1.82, 2.24) is 0 Å². The van der Waals surface area contributed by atoms with Crippen LogP contribution in [-0.2, 0) is 37.5 Å². The molecule has 0 aliphatic heterocycles. The van der Waals surface area contributed by atoms with Gasteiger partial charge in [-0.3, -0.25) is 23.4 Å². The summed E-state index contributed by atoms with van der Waals surface area (Å²) in [6.45, 7) is 2.58. The number of carbonyl (C=O) groups excluding carboxylic acids is 2. The van der Waals surface area contributed by atoms with Crippen LogP contribution < -0.4 is 5.73 Å². The number of carboxylic acids is 1. The number of rotatable bonds is 40. The molecule has 0 bridgehead atoms. The number of unbranched alkanes of at least 4 members (excludes halogenated alkanes) is 10. The van der Waals surface area contributed by atoms with Crippen molar-refractivity contribution in [3.8, 4) is 0 Å². The smallest absolute Gasteiger partial charge is 0.472 e. The highest BCUT2D eigenvalue weighted by molar-refractivity contribution is 7.47. The van der Waals surface area contributed by atoms with Gasteiger partial charge in [0.2, 0.25) is 0 Å². The quantitative estimate of drug-likeness (QED) is 0.0232. The third-order valence-electron chi connectivity index (χ3n) is 8.82. The molecule has 0 spiro atoms. The maximum absolute atomic E-state index is 12.6. The summed E-state index contributed by atoms with van der Waals surface area (Å²) < 4.78 is 32.6. The van der Waals surface area contributed by atoms with Crippen LogP contribution in [0.15, 0.2) is 97.2 Å². The summed E-state index contributed by atoms with van der Waals surface area (Å²) in [4.78, 5) is 46.0. The largest absolute Gasteiger partial charge is 0.480 e. The molecule has 11 nitrogen and oxygen atoms in total. The van der Waals surface area contributed by atoms with Crippen LogP contribution in [0, 0.1) is 0 Å². The van der Waals surface area contributed by atoms with Gasteiger partial charge in [-0.25, -0.2) is 4.57 Å². The summed E-state index contributed by atoms with van der Waals surface area (Å²) in [6, 6.07) is -1.54. The molecule has 0 aromatic rings. The van der Waals surface area contributed by atoms with Crippen molar-refractivity contribution in [3.63, 3.8) is 0 Å². The number of esters is 2. The molecule has 12 heteroatoms. The van der Waals surface area contributed by atoms with E-state index in [1.807, 2.05) is 12.2 Å². The van der Waals surface area contributed by atoms with Crippen molar-refractivity contribution in [1.29, 1.82) is 0 Å². The lowest BCUT2D eigenvalue weighted by Gasteiger charge is -2.20. The Morgan fingerprint density at radius 1 is 0.533 bits per heavy atom. The average Bonchev–Trinajstić information content (AvgIpc) is 3.22. The van der Waals surface area contributed by atoms with Crippen LogP contribution in [0.5, 0.6) is 0 Å². The van der Waals surface area contributed by atoms with E-state index in [0.717, 1.165) is 70.6 Å². The Morgan fingerprint density at radius 2 is 0.950 bits per heavy atom. The van der Waals surface area contributed by atoms with Gasteiger partial charge in [-0.1, -0.05) is 150 Å². The Bertz CT molecular complexity index is 1380. The van der Waals surface area contributed by atoms with Gasteiger partial charge in [-0.05, 0) is 89.9 Å². The third kappa shape index (κ3) is 41.1. The molecule has 0 fully saturated rings. The van der Waals surface area contributed by atoms with Gasteiger partial charge >= 0.3 is 25.7 Å². The van der Waals surface area contributed by atoms with E-state index in [4.69, 9.17) is 24.8 Å². The van der Waals surface area contributed by atoms with E-state index in [1.165, 1.54) is 38.5 Å². The molecule has 0 heterocycles. The van der Waals surface area contributed by atoms with Crippen LogP contribution in [0.3, 0.4) is 0 Å². The zero-order valence-electron chi connectivity index (χ0n) is 36.8. The first-order chi connectivity index (χ1) is 29.1. The Kier molecular flexibility index (Phi) is 39.6. The SMILES string of the molecule is CC/C=C\C/C=C\C/C=C\C/C=C\C/C=C\CCCCCC(=O)OC[C@H](COP(=O)(O)OC[C@H](N)C(=O)O)OC(=O)CCC/C=C\C/C=C\C/C=C\CCCCCCCC. The van der Waals surface area contributed by atoms with E-state index in [9.17, 15) is 23.8 Å². The summed E-state index contributed by atoms with van der Waals surface area (Å²) >= 11 is 0. The number of carbonyl (C=O) groups is 3. The first-order valence-corrected chi connectivity index (χ1v) is 23.8. The predicted octanol–water partition coefficient (Wildman–Crippen LogP) is 12.1. The topological polar surface area (TPSA) is 172 Å². The number of aliphatic carboxylic acids is 1. The normalized spacial score (nSPS) is 14.6. The highest BCUT2D eigenvalue weighted by Gasteiger charge is 2.28. The molecule has 0 amide bonds. The van der Waals surface area contributed by atoms with Crippen LogP contribution in [0.25, 0.3) is 0 Å². The fourth-order valence-electron chi connectivity index (χ4n) is 5.34. The standard InChI is InChI=1S/C48H78NO10P/c1-3-5-7-9-11-13-15-17-19-21-22-24-25-27-29-31-33-35-37-39-46(50)56-41-44(42-57-60(54,55)58-43-45(49)48(52)53)59-47(51)40-38-36-34-32-30-28-26-23-20-18-16-14-12-10-8-6-4-2/h5,7,11,13,17-20,22,24,26-29,32,34,44-45H,3-4,6,8-10,12,14-16,21,23,25,30-31,33,35-43,49H2,1-2H3,(H,52,53)(H,54,55)/b7-5-,13-11-,19-17-,20-18-,24-22-,28-26-,29-27-,34-32-/t44-,45+/m1/s1. The minimum absolute atomic E-state index is 0.0761. The molecule has 1 unspecified atom stereocenters. The van der Waals surface area contributed by atoms with Crippen molar-refractivity contribution in [3.05, 3.63) is 97.2 Å². The molecule has 4 N–H and O–H groups in total. The summed E-state index contributed by atoms with van der Waals surface area (Å²) in [5.74, 6) is -2.50. The first-order valence-electron chi connectivity index (χ1n) is 22.3. The minimum atomic E-state index is -4.75. The Morgan fingerprint density at radius 3 is 1.45 bits per heavy atom. The molecular formula is C48H78NO10P. The van der Waals surface area contributed by atoms with Crippen molar-refractivity contribution >= 4 is 25.7 Å². The van der Waals surface area contributed by atoms with Crippen LogP contribution >= 0.6 is 7.82 Å². The lowest BCUT2D eigenvalue weighted by atomic mass is 10.1. The van der Waals surface area contributed by atoms with Crippen molar-refractivity contribution in [2.45, 2.75) is 167 Å². The van der Waals surface area contributed by atoms with E-state index in [0.29, 0.717) is 19.3 Å². The monoisotopic (exact) mass is 860 g/mol. The zero-order chi connectivity index (χ0) is 44.2. The molecule has 60 heavy (non-hydrogen) atoms. The van der Waals surface area contributed by atoms with E-state index < -0.39 is 51.1 Å². The predicted molar refractivity (Wildman–Crippen MR) is 244 cm³/mol. The fourth-order valence-corrected chi connectivity index (χ4v) is 6.12. The number of phosphoric ester groups is 1. The van der Waals surface area contributed by atoms with Crippen LogP contribution in [-0.4, -0.2) is 59.9 Å². The summed E-state index contributed by atoms with van der Waals surface area (Å²) in [5.41, 5.74) is 5.33. The van der Waals surface area contributed by atoms with Crippen LogP contribution in [0.1, 0.15) is 155 Å². The second kappa shape index (κ2) is 42.1. The second-order valence-electron chi connectivity index (χ2n) is 14.4. The average molecular weight is 860 g/mol. The molecule has 0 saturated carbocycles. The zero-order valence-corrected chi connectivity index (χ0v) is 37.6. The van der Waals surface area contributed by atoms with Gasteiger partial charge < -0.3 is 25.2 Å². The minimum Gasteiger partial charge on any atom is -0.480 e. The first kappa shape index (κ1) is 56.4. The van der Waals surface area contributed by atoms with Crippen LogP contribution in [0.2, 0.25) is 0 Å². The molecule has 0 radical (unpaired) electrons. The Labute approximate surface area is 362 Å². The Hall–Kier alpha value is -3.60. The molecule has 0 rings (SSSR count). The van der Waals surface area contributed by atoms with Crippen molar-refractivity contribution in [2.24, 2.45) is 5.73 Å². The molecule has 340 valence electrons. The van der Waals surface area contributed by atoms with Gasteiger partial charge in [-0.2, -0.15) is 0 Å². The van der Waals surface area contributed by atoms with Gasteiger partial charge in [0.1, 0.15) is 12.6 Å². The number of allylic oxidation sites excluding steroid dienone is 16. The van der Waals surface area contributed by atoms with Gasteiger partial charge in [0.25, 0.3) is 0 Å². The fraction of sp³-hybridized carbons (Fsp3) is 0.604. The molecule has 3 atom stereocenters. The summed E-state index contributed by atoms with van der Waals surface area (Å²) in [6.07, 6.45) is 53.4. The van der Waals surface area contributed by atoms with Gasteiger partial charge in [-0.15, -0.1) is 0 Å². The highest BCUT2D eigenvalue weighted by atomic mass is 31.2. The lowest BCUT2D eigenvalue weighted by molar-refractivity contribution is -0.161. The maximum atomic E-state index is 12.6. The summed E-state index contributed by atoms with van der Waals surface area (Å²) in [7, 11) is -4.75. The molecule has 0 aliphatic rings. The third-order valence-corrected chi connectivity index (χ3v) is 9.77. The van der Waals surface area contributed by atoms with Crippen molar-refractivity contribution in [2.75, 3.05) is 19.8 Å². The van der Waals surface area contributed by atoms with E-state index in [2.05, 4.69) is 103 Å². The van der Waals surface area contributed by atoms with E-state index >= 15 is 0 Å². The molecule has 0 aliphatic carbocycles. The summed E-state index contributed by atoms with van der Waals surface area (Å²) in [5, 5.41) is 8.89. The van der Waals surface area contributed by atoms with E-state index in [1.54, 1.807) is 0 Å². The number of hydrogen-bond donors (Lipinski definition) is 3. The molecule has 0 saturated heterocycles. The Balaban J connectivity index is 4.52. The molecule has 0 aromatic heterocycles. The van der Waals surface area contributed by atoms with Gasteiger partial charge in [0, 0.05) is 12.8 Å². The number of ether oxygens (including phenoxy) is 2. The van der Waals surface area contributed by atoms with Crippen LogP contribution in [0.4, 0.5) is 0 Å². The number of hydrogen-bond acceptors (Lipinski definition) is 9. The number of carboxylic acid groups (broad SMARTS) is 1. The van der Waals surface area contributed by atoms with Gasteiger partial charge in [0.15, 0.2) is 6.10 Å². The van der Waals surface area contributed by atoms with E-state index in [-0.39, 0.29) is 19.4 Å². The lowest BCUT2D eigenvalue weighted by Crippen LogP contribution is -2.34. The second-order valence-corrected chi connectivity index (χ2v) is 15.9. The number of phosphoric acid groups is 1. The maximum Gasteiger partial charge on any atom is 0.472 e. The highest BCUT2D eigenvalue weighted by Crippen LogP contribution is 2.43.